The lowest BCUT2D eigenvalue weighted by atomic mass is 9.82. The normalized spacial score (nSPS) is 17.9. The molecule has 1 aliphatic rings. The number of fused-ring (bicyclic) bond motifs is 1. The number of nitrogens with zero attached hydrogens (tertiary/aromatic N) is 5. The predicted molar refractivity (Wildman–Crippen MR) is 166 cm³/mol. The quantitative estimate of drug-likeness (QED) is 0.0994. The summed E-state index contributed by atoms with van der Waals surface area (Å²) in [6.07, 6.45) is 5.96. The topological polar surface area (TPSA) is 135 Å². The van der Waals surface area contributed by atoms with Crippen molar-refractivity contribution < 1.29 is 19.9 Å². The number of aliphatic hydroxyl groups excluding tert-OH is 1. The van der Waals surface area contributed by atoms with Gasteiger partial charge in [-0.05, 0) is 58.3 Å². The van der Waals surface area contributed by atoms with Crippen molar-refractivity contribution in [2.45, 2.75) is 38.0 Å². The Morgan fingerprint density at radius 2 is 1.90 bits per heavy atom. The maximum absolute atomic E-state index is 13.8. The maximum atomic E-state index is 13.8. The molecule has 11 heteroatoms. The van der Waals surface area contributed by atoms with Gasteiger partial charge >= 0.3 is 0 Å². The molecule has 2 N–H and O–H groups in total. The number of anilines is 1. The number of hydrogen-bond acceptors (Lipinski definition) is 7. The van der Waals surface area contributed by atoms with Gasteiger partial charge in [0.15, 0.2) is 5.60 Å². The molecule has 10 nitrogen and oxygen atoms in total. The molecule has 0 spiro atoms. The van der Waals surface area contributed by atoms with Gasteiger partial charge in [0.1, 0.15) is 0 Å². The van der Waals surface area contributed by atoms with E-state index in [1.807, 2.05) is 60.7 Å². The Balaban J connectivity index is 1.33. The van der Waals surface area contributed by atoms with Crippen LogP contribution in [0.3, 0.4) is 0 Å². The van der Waals surface area contributed by atoms with Crippen molar-refractivity contribution in [2.24, 2.45) is 5.92 Å². The molecule has 42 heavy (non-hydrogen) atoms. The van der Waals surface area contributed by atoms with Crippen LogP contribution in [0.4, 0.5) is 11.4 Å². The molecule has 0 fully saturated rings. The van der Waals surface area contributed by atoms with E-state index in [2.05, 4.69) is 32.9 Å². The zero-order valence-electron chi connectivity index (χ0n) is 22.9. The summed E-state index contributed by atoms with van der Waals surface area (Å²) in [5.74, 6) is -1.47. The number of carbonyl (C=O) groups is 1. The van der Waals surface area contributed by atoms with Crippen molar-refractivity contribution in [2.75, 3.05) is 11.5 Å². The largest absolute Gasteiger partial charge is 0.395 e. The molecular formula is C31H30IN5O5. The second kappa shape index (κ2) is 12.5. The van der Waals surface area contributed by atoms with Crippen LogP contribution in [0, 0.1) is 19.6 Å². The molecule has 5 rings (SSSR count). The van der Waals surface area contributed by atoms with Gasteiger partial charge in [-0.1, -0.05) is 66.8 Å². The monoisotopic (exact) mass is 679 g/mol. The van der Waals surface area contributed by atoms with Crippen LogP contribution < -0.4 is 4.90 Å². The second-order valence-electron chi connectivity index (χ2n) is 10.3. The Kier molecular flexibility index (Phi) is 8.80. The number of nitro benzene ring substituents is 1. The number of amides is 1. The summed E-state index contributed by atoms with van der Waals surface area (Å²) in [7, 11) is 0. The summed E-state index contributed by atoms with van der Waals surface area (Å²) in [6, 6.07) is 21.5. The van der Waals surface area contributed by atoms with E-state index in [1.54, 1.807) is 23.9 Å². The molecule has 1 unspecified atom stereocenters. The molecule has 0 saturated heterocycles. The molecule has 1 aliphatic heterocycles. The zero-order chi connectivity index (χ0) is 29.9. The van der Waals surface area contributed by atoms with Gasteiger partial charge in [0, 0.05) is 39.9 Å². The standard InChI is InChI=1S/C31H30IN5O5/c1-21(8-5-6-15-35-19-28(33-34-35)26(20-38)23-10-3-2-4-11-23)31(40)27-17-25(37(41)42)13-14-29(27)36(30(31)39)18-22-9-7-12-24(32)16-22/h2-5,7-14,16-17,19,21,26,38,40H,6,15,18,20H2,1H3/b8-5+/t21-,26?,31+/m1/s1. The third kappa shape index (κ3) is 5.85. The van der Waals surface area contributed by atoms with E-state index in [0.717, 1.165) is 14.7 Å². The van der Waals surface area contributed by atoms with Gasteiger partial charge in [0.05, 0.1) is 35.4 Å². The zero-order valence-corrected chi connectivity index (χ0v) is 25.0. The van der Waals surface area contributed by atoms with Gasteiger partial charge in [-0.2, -0.15) is 0 Å². The van der Waals surface area contributed by atoms with E-state index in [9.17, 15) is 25.1 Å². The van der Waals surface area contributed by atoms with Crippen LogP contribution in [0.15, 0.2) is 91.1 Å². The van der Waals surface area contributed by atoms with Crippen molar-refractivity contribution in [3.63, 3.8) is 0 Å². The molecule has 0 aliphatic carbocycles. The van der Waals surface area contributed by atoms with Crippen molar-refractivity contribution in [1.82, 2.24) is 15.0 Å². The van der Waals surface area contributed by atoms with Gasteiger partial charge < -0.3 is 15.1 Å². The fourth-order valence-corrected chi connectivity index (χ4v) is 5.91. The summed E-state index contributed by atoms with van der Waals surface area (Å²) in [5.41, 5.74) is 1.02. The van der Waals surface area contributed by atoms with Gasteiger partial charge in [-0.25, -0.2) is 0 Å². The molecule has 0 radical (unpaired) electrons. The number of aliphatic hydroxyl groups is 2. The summed E-state index contributed by atoms with van der Waals surface area (Å²) < 4.78 is 2.70. The Hall–Kier alpha value is -3.94. The fraction of sp³-hybridized carbons (Fsp3) is 0.258. The first kappa shape index (κ1) is 29.5. The van der Waals surface area contributed by atoms with Gasteiger partial charge in [0.2, 0.25) is 0 Å². The molecule has 1 amide bonds. The number of aryl methyl sites for hydroxylation is 1. The van der Waals surface area contributed by atoms with Crippen LogP contribution >= 0.6 is 22.6 Å². The highest BCUT2D eigenvalue weighted by Gasteiger charge is 2.53. The van der Waals surface area contributed by atoms with Crippen molar-refractivity contribution in [3.8, 4) is 0 Å². The second-order valence-corrected chi connectivity index (χ2v) is 11.5. The first-order chi connectivity index (χ1) is 20.2. The molecule has 3 atom stereocenters. The van der Waals surface area contributed by atoms with E-state index in [4.69, 9.17) is 0 Å². The molecule has 1 aromatic heterocycles. The lowest BCUT2D eigenvalue weighted by Crippen LogP contribution is -2.44. The highest BCUT2D eigenvalue weighted by Crippen LogP contribution is 2.47. The average Bonchev–Trinajstić information content (AvgIpc) is 3.53. The highest BCUT2D eigenvalue weighted by atomic mass is 127. The van der Waals surface area contributed by atoms with Crippen LogP contribution in [-0.4, -0.2) is 42.6 Å². The Morgan fingerprint density at radius 1 is 1.12 bits per heavy atom. The van der Waals surface area contributed by atoms with Crippen molar-refractivity contribution in [3.05, 3.63) is 127 Å². The van der Waals surface area contributed by atoms with Crippen LogP contribution in [-0.2, 0) is 23.5 Å². The summed E-state index contributed by atoms with van der Waals surface area (Å²) >= 11 is 2.20. The number of halogens is 1. The van der Waals surface area contributed by atoms with E-state index in [0.29, 0.717) is 24.3 Å². The minimum absolute atomic E-state index is 0.0904. The summed E-state index contributed by atoms with van der Waals surface area (Å²) in [6.45, 7) is 2.36. The number of benzene rings is 3. The minimum atomic E-state index is -1.97. The fourth-order valence-electron chi connectivity index (χ4n) is 5.31. The van der Waals surface area contributed by atoms with Crippen LogP contribution in [0.5, 0.6) is 0 Å². The molecule has 0 saturated carbocycles. The molecule has 4 aromatic rings. The van der Waals surface area contributed by atoms with Crippen LogP contribution in [0.1, 0.15) is 41.6 Å². The predicted octanol–water partition coefficient (Wildman–Crippen LogP) is 4.93. The van der Waals surface area contributed by atoms with Gasteiger partial charge in [-0.3, -0.25) is 19.6 Å². The first-order valence-corrected chi connectivity index (χ1v) is 14.6. The number of aromatic nitrogens is 3. The molecule has 216 valence electrons. The Bertz CT molecular complexity index is 1620. The number of nitro groups is 1. The molecule has 3 aromatic carbocycles. The number of non-ortho nitro benzene ring substituents is 1. The smallest absolute Gasteiger partial charge is 0.269 e. The van der Waals surface area contributed by atoms with E-state index < -0.39 is 22.3 Å². The maximum Gasteiger partial charge on any atom is 0.269 e. The molecule has 2 heterocycles. The third-order valence-electron chi connectivity index (χ3n) is 7.60. The van der Waals surface area contributed by atoms with E-state index in [1.165, 1.54) is 23.1 Å². The number of allylic oxidation sites excluding steroid dienone is 1. The van der Waals surface area contributed by atoms with E-state index >= 15 is 0 Å². The van der Waals surface area contributed by atoms with Crippen LogP contribution in [0.2, 0.25) is 0 Å². The lowest BCUT2D eigenvalue weighted by Gasteiger charge is -2.27. The van der Waals surface area contributed by atoms with Crippen LogP contribution in [0.25, 0.3) is 0 Å². The van der Waals surface area contributed by atoms with E-state index in [-0.39, 0.29) is 30.3 Å². The van der Waals surface area contributed by atoms with Gasteiger partial charge in [-0.15, -0.1) is 5.10 Å². The number of carbonyl (C=O) groups excluding carboxylic acids is 1. The van der Waals surface area contributed by atoms with Gasteiger partial charge in [0.25, 0.3) is 11.6 Å². The molecule has 0 bridgehead atoms. The lowest BCUT2D eigenvalue weighted by molar-refractivity contribution is -0.385. The first-order valence-electron chi connectivity index (χ1n) is 13.5. The Morgan fingerprint density at radius 3 is 2.62 bits per heavy atom. The highest BCUT2D eigenvalue weighted by molar-refractivity contribution is 14.1. The minimum Gasteiger partial charge on any atom is -0.395 e. The Labute approximate surface area is 256 Å². The average molecular weight is 680 g/mol. The van der Waals surface area contributed by atoms with Crippen molar-refractivity contribution >= 4 is 39.9 Å². The number of hydrogen-bond donors (Lipinski definition) is 2. The molecular weight excluding hydrogens is 649 g/mol. The summed E-state index contributed by atoms with van der Waals surface area (Å²) in [4.78, 5) is 26.3. The summed E-state index contributed by atoms with van der Waals surface area (Å²) in [5, 5.41) is 41.8. The third-order valence-corrected chi connectivity index (χ3v) is 8.27. The number of rotatable bonds is 11. The SMILES string of the molecule is C[C@H](/C=C/CCn1cc(C(CO)c2ccccc2)nn1)[C@@]1(O)C(=O)N(Cc2cccc(I)c2)c2ccc([N+](=O)[O-])cc21. The van der Waals surface area contributed by atoms with Crippen molar-refractivity contribution in [1.29, 1.82) is 0 Å².